The van der Waals surface area contributed by atoms with E-state index in [-0.39, 0.29) is 11.3 Å². The number of aliphatic hydroxyl groups is 1. The standard InChI is InChI=1S/C27H34N2O6/c1-6-34-20-11-8-10-19(16-20)25(30)23-24(18-12-13-21(35-7-2)22(17-18)33-5)29(27(32)26(23)31)15-9-14-28(3)4/h8,10-13,16-17,24,30H,6-7,9,14-15H2,1-5H3/b25-23-. The molecule has 1 saturated heterocycles. The Morgan fingerprint density at radius 3 is 2.43 bits per heavy atom. The van der Waals surface area contributed by atoms with E-state index in [2.05, 4.69) is 0 Å². The number of rotatable bonds is 11. The smallest absolute Gasteiger partial charge is 0.295 e. The number of hydrogen-bond acceptors (Lipinski definition) is 7. The molecule has 188 valence electrons. The molecule has 35 heavy (non-hydrogen) atoms. The normalized spacial score (nSPS) is 17.2. The predicted octanol–water partition coefficient (Wildman–Crippen LogP) is 3.87. The van der Waals surface area contributed by atoms with Crippen LogP contribution in [0.15, 0.2) is 48.0 Å². The molecule has 1 amide bonds. The summed E-state index contributed by atoms with van der Waals surface area (Å²) in [7, 11) is 5.44. The summed E-state index contributed by atoms with van der Waals surface area (Å²) in [5.41, 5.74) is 1.10. The van der Waals surface area contributed by atoms with Crippen LogP contribution in [0.1, 0.15) is 37.4 Å². The number of carbonyl (C=O) groups is 2. The van der Waals surface area contributed by atoms with E-state index in [1.165, 1.54) is 12.0 Å². The summed E-state index contributed by atoms with van der Waals surface area (Å²) in [5.74, 6) is 0.0272. The highest BCUT2D eigenvalue weighted by atomic mass is 16.5. The van der Waals surface area contributed by atoms with Gasteiger partial charge in [0.1, 0.15) is 11.5 Å². The third kappa shape index (κ3) is 5.77. The number of hydrogen-bond donors (Lipinski definition) is 1. The molecule has 0 bridgehead atoms. The minimum absolute atomic E-state index is 0.0414. The van der Waals surface area contributed by atoms with Gasteiger partial charge in [-0.15, -0.1) is 0 Å². The summed E-state index contributed by atoms with van der Waals surface area (Å²) >= 11 is 0. The third-order valence-electron chi connectivity index (χ3n) is 5.77. The average molecular weight is 483 g/mol. The highest BCUT2D eigenvalue weighted by Crippen LogP contribution is 2.42. The van der Waals surface area contributed by atoms with Crippen molar-refractivity contribution in [1.82, 2.24) is 9.80 Å². The van der Waals surface area contributed by atoms with E-state index >= 15 is 0 Å². The lowest BCUT2D eigenvalue weighted by atomic mass is 9.95. The second kappa shape index (κ2) is 11.8. The van der Waals surface area contributed by atoms with Crippen LogP contribution in [0, 0.1) is 0 Å². The molecule has 2 aromatic rings. The van der Waals surface area contributed by atoms with E-state index in [4.69, 9.17) is 14.2 Å². The van der Waals surface area contributed by atoms with Crippen LogP contribution in [-0.4, -0.2) is 74.1 Å². The topological polar surface area (TPSA) is 88.5 Å². The summed E-state index contributed by atoms with van der Waals surface area (Å²) in [6.45, 7) is 5.78. The quantitative estimate of drug-likeness (QED) is 0.296. The van der Waals surface area contributed by atoms with Gasteiger partial charge < -0.3 is 29.1 Å². The van der Waals surface area contributed by atoms with Gasteiger partial charge >= 0.3 is 0 Å². The second-order valence-electron chi connectivity index (χ2n) is 8.45. The number of ketones is 1. The van der Waals surface area contributed by atoms with Crippen LogP contribution in [0.25, 0.3) is 5.76 Å². The maximum Gasteiger partial charge on any atom is 0.295 e. The van der Waals surface area contributed by atoms with Crippen LogP contribution in [0.4, 0.5) is 0 Å². The molecule has 8 heteroatoms. The maximum atomic E-state index is 13.2. The van der Waals surface area contributed by atoms with Gasteiger partial charge in [-0.3, -0.25) is 9.59 Å². The first-order valence-corrected chi connectivity index (χ1v) is 11.8. The molecule has 0 aromatic heterocycles. The van der Waals surface area contributed by atoms with Crippen molar-refractivity contribution < 1.29 is 28.9 Å². The van der Waals surface area contributed by atoms with Gasteiger partial charge in [-0.05, 0) is 70.7 Å². The number of aliphatic hydroxyl groups excluding tert-OH is 1. The lowest BCUT2D eigenvalue weighted by Gasteiger charge is -2.26. The lowest BCUT2D eigenvalue weighted by molar-refractivity contribution is -0.139. The molecular formula is C27H34N2O6. The maximum absolute atomic E-state index is 13.2. The number of amides is 1. The molecule has 1 aliphatic heterocycles. The SMILES string of the molecule is CCOc1cccc(/C(O)=C2/C(=O)C(=O)N(CCCN(C)C)C2c2ccc(OCC)c(OC)c2)c1. The van der Waals surface area contributed by atoms with Crippen molar-refractivity contribution in [1.29, 1.82) is 0 Å². The zero-order chi connectivity index (χ0) is 25.5. The Morgan fingerprint density at radius 2 is 1.77 bits per heavy atom. The van der Waals surface area contributed by atoms with E-state index < -0.39 is 17.7 Å². The Bertz CT molecular complexity index is 1090. The molecule has 0 radical (unpaired) electrons. The van der Waals surface area contributed by atoms with E-state index in [1.807, 2.05) is 32.8 Å². The van der Waals surface area contributed by atoms with Gasteiger partial charge in [0.2, 0.25) is 0 Å². The van der Waals surface area contributed by atoms with Crippen molar-refractivity contribution in [3.05, 3.63) is 59.2 Å². The average Bonchev–Trinajstić information content (AvgIpc) is 3.09. The van der Waals surface area contributed by atoms with Gasteiger partial charge in [0.15, 0.2) is 11.5 Å². The van der Waals surface area contributed by atoms with Crippen molar-refractivity contribution in [3.8, 4) is 17.2 Å². The Labute approximate surface area is 206 Å². The fraction of sp³-hybridized carbons (Fsp3) is 0.407. The number of carbonyl (C=O) groups excluding carboxylic acids is 2. The third-order valence-corrected chi connectivity index (χ3v) is 5.77. The van der Waals surface area contributed by atoms with Crippen LogP contribution in [0.3, 0.4) is 0 Å². The molecule has 1 N–H and O–H groups in total. The van der Waals surface area contributed by atoms with Gasteiger partial charge in [0, 0.05) is 12.1 Å². The van der Waals surface area contributed by atoms with Crippen molar-refractivity contribution in [2.75, 3.05) is 47.5 Å². The Balaban J connectivity index is 2.13. The van der Waals surface area contributed by atoms with Crippen LogP contribution >= 0.6 is 0 Å². The van der Waals surface area contributed by atoms with Crippen LogP contribution < -0.4 is 14.2 Å². The van der Waals surface area contributed by atoms with Gasteiger partial charge in [0.25, 0.3) is 11.7 Å². The summed E-state index contributed by atoms with van der Waals surface area (Å²) < 4.78 is 16.7. The van der Waals surface area contributed by atoms with E-state index in [0.717, 1.165) is 6.54 Å². The van der Waals surface area contributed by atoms with Crippen LogP contribution in [0.5, 0.6) is 17.2 Å². The second-order valence-corrected chi connectivity index (χ2v) is 8.45. The molecule has 8 nitrogen and oxygen atoms in total. The highest BCUT2D eigenvalue weighted by Gasteiger charge is 2.46. The Morgan fingerprint density at radius 1 is 1.03 bits per heavy atom. The molecular weight excluding hydrogens is 448 g/mol. The fourth-order valence-corrected chi connectivity index (χ4v) is 4.20. The van der Waals surface area contributed by atoms with Crippen molar-refractivity contribution in [3.63, 3.8) is 0 Å². The fourth-order valence-electron chi connectivity index (χ4n) is 4.20. The number of Topliss-reactive ketones (excluding diaryl/α,β-unsaturated/α-hetero) is 1. The minimum Gasteiger partial charge on any atom is -0.507 e. The van der Waals surface area contributed by atoms with Gasteiger partial charge in [-0.25, -0.2) is 0 Å². The minimum atomic E-state index is -0.766. The monoisotopic (exact) mass is 482 g/mol. The molecule has 0 saturated carbocycles. The first-order chi connectivity index (χ1) is 16.8. The molecule has 0 aliphatic carbocycles. The zero-order valence-electron chi connectivity index (χ0n) is 21.0. The molecule has 1 heterocycles. The predicted molar refractivity (Wildman–Crippen MR) is 134 cm³/mol. The zero-order valence-corrected chi connectivity index (χ0v) is 21.0. The van der Waals surface area contributed by atoms with Crippen molar-refractivity contribution in [2.45, 2.75) is 26.3 Å². The van der Waals surface area contributed by atoms with Gasteiger partial charge in [-0.1, -0.05) is 18.2 Å². The van der Waals surface area contributed by atoms with Gasteiger partial charge in [0.05, 0.1) is 31.9 Å². The van der Waals surface area contributed by atoms with Crippen molar-refractivity contribution >= 4 is 17.4 Å². The molecule has 2 aromatic carbocycles. The number of nitrogens with zero attached hydrogens (tertiary/aromatic N) is 2. The number of methoxy groups -OCH3 is 1. The van der Waals surface area contributed by atoms with Crippen LogP contribution in [0.2, 0.25) is 0 Å². The highest BCUT2D eigenvalue weighted by molar-refractivity contribution is 6.46. The summed E-state index contributed by atoms with van der Waals surface area (Å²) in [5, 5.41) is 11.3. The first kappa shape index (κ1) is 26.1. The Kier molecular flexibility index (Phi) is 8.76. The number of likely N-dealkylation sites (tertiary alicyclic amines) is 1. The van der Waals surface area contributed by atoms with Crippen molar-refractivity contribution in [2.24, 2.45) is 0 Å². The molecule has 1 aliphatic rings. The van der Waals surface area contributed by atoms with Gasteiger partial charge in [-0.2, -0.15) is 0 Å². The molecule has 1 unspecified atom stereocenters. The van der Waals surface area contributed by atoms with E-state index in [9.17, 15) is 14.7 Å². The largest absolute Gasteiger partial charge is 0.507 e. The van der Waals surface area contributed by atoms with E-state index in [1.54, 1.807) is 42.5 Å². The number of benzene rings is 2. The Hall–Kier alpha value is -3.52. The first-order valence-electron chi connectivity index (χ1n) is 11.8. The molecule has 1 atom stereocenters. The molecule has 1 fully saturated rings. The summed E-state index contributed by atoms with van der Waals surface area (Å²) in [6.07, 6.45) is 0.671. The lowest BCUT2D eigenvalue weighted by Crippen LogP contribution is -2.32. The number of ether oxygens (including phenoxy) is 3. The summed E-state index contributed by atoms with van der Waals surface area (Å²) in [4.78, 5) is 29.9. The summed E-state index contributed by atoms with van der Waals surface area (Å²) in [6, 6.07) is 11.4. The van der Waals surface area contributed by atoms with Crippen LogP contribution in [-0.2, 0) is 9.59 Å². The molecule has 3 rings (SSSR count). The van der Waals surface area contributed by atoms with E-state index in [0.29, 0.717) is 54.6 Å². The molecule has 0 spiro atoms.